The highest BCUT2D eigenvalue weighted by Crippen LogP contribution is 2.24. The predicted octanol–water partition coefficient (Wildman–Crippen LogP) is 2.60. The molecule has 2 unspecified atom stereocenters. The standard InChI is InChI=1S/C15H18N2O5/c1-9-3-2-4-12(5-9)16-14(18)10-6-11(15(19)20)8-13(7-10)17(21)22/h6-9,12H,2-5H2,1H3,(H,16,18)(H,19,20). The summed E-state index contributed by atoms with van der Waals surface area (Å²) in [5.41, 5.74) is -0.664. The Morgan fingerprint density at radius 3 is 2.55 bits per heavy atom. The van der Waals surface area contributed by atoms with Crippen LogP contribution in [-0.2, 0) is 0 Å². The largest absolute Gasteiger partial charge is 0.478 e. The summed E-state index contributed by atoms with van der Waals surface area (Å²) in [4.78, 5) is 33.4. The maximum Gasteiger partial charge on any atom is 0.335 e. The summed E-state index contributed by atoms with van der Waals surface area (Å²) in [7, 11) is 0. The maximum atomic E-state index is 12.2. The number of non-ortho nitro benzene ring substituents is 1. The topological polar surface area (TPSA) is 110 Å². The fourth-order valence-electron chi connectivity index (χ4n) is 2.81. The van der Waals surface area contributed by atoms with Crippen molar-refractivity contribution in [1.82, 2.24) is 5.32 Å². The second-order valence-corrected chi connectivity index (χ2v) is 5.77. The zero-order chi connectivity index (χ0) is 16.3. The lowest BCUT2D eigenvalue weighted by atomic mass is 9.87. The average Bonchev–Trinajstić information content (AvgIpc) is 2.46. The highest BCUT2D eigenvalue weighted by atomic mass is 16.6. The molecule has 0 bridgehead atoms. The summed E-state index contributed by atoms with van der Waals surface area (Å²) < 4.78 is 0. The molecule has 2 atom stereocenters. The van der Waals surface area contributed by atoms with E-state index in [1.165, 1.54) is 0 Å². The van der Waals surface area contributed by atoms with E-state index in [-0.39, 0.29) is 17.2 Å². The molecule has 1 aliphatic rings. The number of carboxylic acid groups (broad SMARTS) is 1. The van der Waals surface area contributed by atoms with E-state index in [4.69, 9.17) is 5.11 Å². The van der Waals surface area contributed by atoms with E-state index in [2.05, 4.69) is 12.2 Å². The molecule has 1 aromatic carbocycles. The molecule has 2 rings (SSSR count). The summed E-state index contributed by atoms with van der Waals surface area (Å²) in [6, 6.07) is 3.25. The molecule has 1 amide bonds. The minimum atomic E-state index is -1.30. The van der Waals surface area contributed by atoms with Crippen LogP contribution in [0.15, 0.2) is 18.2 Å². The smallest absolute Gasteiger partial charge is 0.335 e. The molecule has 0 spiro atoms. The Kier molecular flexibility index (Phi) is 4.75. The quantitative estimate of drug-likeness (QED) is 0.656. The summed E-state index contributed by atoms with van der Waals surface area (Å²) in [6.07, 6.45) is 3.90. The Morgan fingerprint density at radius 1 is 1.27 bits per heavy atom. The number of hydrogen-bond acceptors (Lipinski definition) is 4. The van der Waals surface area contributed by atoms with Crippen molar-refractivity contribution in [2.45, 2.75) is 38.6 Å². The van der Waals surface area contributed by atoms with E-state index in [1.807, 2.05) is 0 Å². The van der Waals surface area contributed by atoms with Crippen LogP contribution in [0, 0.1) is 16.0 Å². The first kappa shape index (κ1) is 15.9. The van der Waals surface area contributed by atoms with Crippen LogP contribution in [0.4, 0.5) is 5.69 Å². The van der Waals surface area contributed by atoms with E-state index >= 15 is 0 Å². The van der Waals surface area contributed by atoms with Crippen LogP contribution < -0.4 is 5.32 Å². The molecular formula is C15H18N2O5. The zero-order valence-corrected chi connectivity index (χ0v) is 12.2. The van der Waals surface area contributed by atoms with E-state index in [0.29, 0.717) is 5.92 Å². The Labute approximate surface area is 127 Å². The van der Waals surface area contributed by atoms with Crippen LogP contribution in [0.2, 0.25) is 0 Å². The number of carboxylic acids is 1. The van der Waals surface area contributed by atoms with E-state index < -0.39 is 22.5 Å². The Morgan fingerprint density at radius 2 is 1.95 bits per heavy atom. The third-order valence-corrected chi connectivity index (χ3v) is 3.91. The number of nitrogens with zero attached hydrogens (tertiary/aromatic N) is 1. The van der Waals surface area contributed by atoms with Crippen LogP contribution in [0.5, 0.6) is 0 Å². The van der Waals surface area contributed by atoms with Gasteiger partial charge in [0.15, 0.2) is 0 Å². The number of benzene rings is 1. The van der Waals surface area contributed by atoms with Crippen molar-refractivity contribution in [3.63, 3.8) is 0 Å². The molecule has 1 aromatic rings. The summed E-state index contributed by atoms with van der Waals surface area (Å²) in [6.45, 7) is 2.12. The van der Waals surface area contributed by atoms with Crippen molar-refractivity contribution in [1.29, 1.82) is 0 Å². The van der Waals surface area contributed by atoms with Crippen molar-refractivity contribution in [2.24, 2.45) is 5.92 Å². The molecule has 7 nitrogen and oxygen atoms in total. The molecule has 0 heterocycles. The summed E-state index contributed by atoms with van der Waals surface area (Å²) >= 11 is 0. The van der Waals surface area contributed by atoms with Crippen LogP contribution in [-0.4, -0.2) is 27.9 Å². The number of hydrogen-bond donors (Lipinski definition) is 2. The van der Waals surface area contributed by atoms with Crippen LogP contribution in [0.25, 0.3) is 0 Å². The Balaban J connectivity index is 2.21. The molecule has 118 valence electrons. The number of carbonyl (C=O) groups is 2. The van der Waals surface area contributed by atoms with E-state index in [1.54, 1.807) is 0 Å². The third-order valence-electron chi connectivity index (χ3n) is 3.91. The first-order chi connectivity index (χ1) is 10.4. The van der Waals surface area contributed by atoms with Gasteiger partial charge in [-0.25, -0.2) is 4.79 Å². The lowest BCUT2D eigenvalue weighted by Crippen LogP contribution is -2.38. The van der Waals surface area contributed by atoms with Gasteiger partial charge in [-0.05, 0) is 24.8 Å². The van der Waals surface area contributed by atoms with Crippen LogP contribution in [0.3, 0.4) is 0 Å². The van der Waals surface area contributed by atoms with Crippen molar-refractivity contribution >= 4 is 17.6 Å². The van der Waals surface area contributed by atoms with Gasteiger partial charge in [-0.2, -0.15) is 0 Å². The van der Waals surface area contributed by atoms with Crippen molar-refractivity contribution in [3.05, 3.63) is 39.4 Å². The van der Waals surface area contributed by atoms with Gasteiger partial charge in [0, 0.05) is 23.7 Å². The molecule has 7 heteroatoms. The molecule has 0 aromatic heterocycles. The minimum Gasteiger partial charge on any atom is -0.478 e. The van der Waals surface area contributed by atoms with Gasteiger partial charge in [-0.15, -0.1) is 0 Å². The number of amides is 1. The van der Waals surface area contributed by atoms with Crippen molar-refractivity contribution in [3.8, 4) is 0 Å². The van der Waals surface area contributed by atoms with Gasteiger partial charge in [0.25, 0.3) is 11.6 Å². The van der Waals surface area contributed by atoms with Crippen molar-refractivity contribution < 1.29 is 19.6 Å². The molecule has 0 aliphatic heterocycles. The van der Waals surface area contributed by atoms with Gasteiger partial charge in [0.2, 0.25) is 0 Å². The number of nitrogens with one attached hydrogen (secondary N) is 1. The normalized spacial score (nSPS) is 21.1. The number of rotatable bonds is 4. The van der Waals surface area contributed by atoms with Gasteiger partial charge in [-0.3, -0.25) is 14.9 Å². The number of aromatic carboxylic acids is 1. The fraction of sp³-hybridized carbons (Fsp3) is 0.467. The van der Waals surface area contributed by atoms with Crippen LogP contribution in [0.1, 0.15) is 53.3 Å². The predicted molar refractivity (Wildman–Crippen MR) is 78.9 cm³/mol. The average molecular weight is 306 g/mol. The number of carbonyl (C=O) groups excluding carboxylic acids is 1. The molecule has 1 saturated carbocycles. The van der Waals surface area contributed by atoms with Gasteiger partial charge in [-0.1, -0.05) is 19.8 Å². The first-order valence-corrected chi connectivity index (χ1v) is 7.20. The molecule has 1 aliphatic carbocycles. The highest BCUT2D eigenvalue weighted by Gasteiger charge is 2.23. The van der Waals surface area contributed by atoms with Gasteiger partial charge < -0.3 is 10.4 Å². The molecule has 0 saturated heterocycles. The summed E-state index contributed by atoms with van der Waals surface area (Å²) in [5, 5.41) is 22.7. The van der Waals surface area contributed by atoms with Gasteiger partial charge in [0.05, 0.1) is 10.5 Å². The Hall–Kier alpha value is -2.44. The second-order valence-electron chi connectivity index (χ2n) is 5.77. The van der Waals surface area contributed by atoms with E-state index in [0.717, 1.165) is 43.9 Å². The van der Waals surface area contributed by atoms with Gasteiger partial charge in [0.1, 0.15) is 0 Å². The molecule has 0 radical (unpaired) electrons. The monoisotopic (exact) mass is 306 g/mol. The van der Waals surface area contributed by atoms with Crippen LogP contribution >= 0.6 is 0 Å². The van der Waals surface area contributed by atoms with Crippen molar-refractivity contribution in [2.75, 3.05) is 0 Å². The second kappa shape index (κ2) is 6.55. The molecule has 22 heavy (non-hydrogen) atoms. The SMILES string of the molecule is CC1CCCC(NC(=O)c2cc(C(=O)O)cc([N+](=O)[O-])c2)C1. The Bertz CT molecular complexity index is 582. The number of nitro groups is 1. The molecule has 2 N–H and O–H groups in total. The highest BCUT2D eigenvalue weighted by molar-refractivity contribution is 5.98. The lowest BCUT2D eigenvalue weighted by Gasteiger charge is -2.27. The maximum absolute atomic E-state index is 12.2. The first-order valence-electron chi connectivity index (χ1n) is 7.20. The van der Waals surface area contributed by atoms with E-state index in [9.17, 15) is 19.7 Å². The lowest BCUT2D eigenvalue weighted by molar-refractivity contribution is -0.384. The summed E-state index contributed by atoms with van der Waals surface area (Å²) in [5.74, 6) is -1.24. The minimum absolute atomic E-state index is 0.00447. The third kappa shape index (κ3) is 3.81. The zero-order valence-electron chi connectivity index (χ0n) is 12.2. The molecular weight excluding hydrogens is 288 g/mol. The fourth-order valence-corrected chi connectivity index (χ4v) is 2.81. The van der Waals surface area contributed by atoms with Gasteiger partial charge >= 0.3 is 5.97 Å². The number of nitro benzene ring substituents is 1. The molecule has 1 fully saturated rings.